The van der Waals surface area contributed by atoms with Crippen molar-refractivity contribution in [3.05, 3.63) is 34.9 Å². The first-order valence-corrected chi connectivity index (χ1v) is 7.08. The predicted octanol–water partition coefficient (Wildman–Crippen LogP) is 3.05. The van der Waals surface area contributed by atoms with Gasteiger partial charge in [0.05, 0.1) is 0 Å². The molecule has 1 aliphatic rings. The van der Waals surface area contributed by atoms with E-state index < -0.39 is 0 Å². The minimum Gasteiger partial charge on any atom is -0.313 e. The fourth-order valence-electron chi connectivity index (χ4n) is 2.87. The molecule has 0 radical (unpaired) electrons. The van der Waals surface area contributed by atoms with Crippen molar-refractivity contribution in [2.45, 2.75) is 45.7 Å². The first kappa shape index (κ1) is 13.6. The summed E-state index contributed by atoms with van der Waals surface area (Å²) in [6.45, 7) is 9.04. The molecule has 1 aliphatic heterocycles. The van der Waals surface area contributed by atoms with Crippen molar-refractivity contribution in [2.24, 2.45) is 0 Å². The van der Waals surface area contributed by atoms with Crippen molar-refractivity contribution in [1.82, 2.24) is 10.2 Å². The number of likely N-dealkylation sites (N-methyl/N-ethyl adjacent to an activating group) is 1. The van der Waals surface area contributed by atoms with Crippen LogP contribution in [0.5, 0.6) is 0 Å². The highest BCUT2D eigenvalue weighted by Crippen LogP contribution is 2.24. The molecule has 1 aromatic carbocycles. The highest BCUT2D eigenvalue weighted by Gasteiger charge is 2.20. The molecule has 1 aromatic rings. The van der Waals surface area contributed by atoms with Crippen molar-refractivity contribution in [1.29, 1.82) is 0 Å². The van der Waals surface area contributed by atoms with E-state index in [2.05, 4.69) is 56.2 Å². The summed E-state index contributed by atoms with van der Waals surface area (Å²) in [4.78, 5) is 2.48. The molecule has 0 aliphatic carbocycles. The minimum absolute atomic E-state index is 0.493. The van der Waals surface area contributed by atoms with Gasteiger partial charge in [0.2, 0.25) is 0 Å². The third-order valence-corrected chi connectivity index (χ3v) is 4.22. The molecule has 1 N–H and O–H groups in total. The lowest BCUT2D eigenvalue weighted by molar-refractivity contribution is 0.237. The van der Waals surface area contributed by atoms with Crippen LogP contribution in [0.1, 0.15) is 42.5 Å². The molecule has 2 rings (SSSR count). The van der Waals surface area contributed by atoms with Crippen LogP contribution in [0.15, 0.2) is 18.2 Å². The van der Waals surface area contributed by atoms with Gasteiger partial charge in [0.15, 0.2) is 0 Å². The van der Waals surface area contributed by atoms with Crippen LogP contribution >= 0.6 is 0 Å². The fraction of sp³-hybridized carbons (Fsp3) is 0.625. The number of nitrogens with one attached hydrogen (secondary N) is 1. The summed E-state index contributed by atoms with van der Waals surface area (Å²) in [6, 6.07) is 7.95. The van der Waals surface area contributed by atoms with Gasteiger partial charge >= 0.3 is 0 Å². The monoisotopic (exact) mass is 246 g/mol. The fourth-order valence-corrected chi connectivity index (χ4v) is 2.87. The highest BCUT2D eigenvalue weighted by molar-refractivity contribution is 5.32. The number of benzene rings is 1. The van der Waals surface area contributed by atoms with Gasteiger partial charge in [0.1, 0.15) is 0 Å². The van der Waals surface area contributed by atoms with Gasteiger partial charge in [-0.05, 0) is 58.3 Å². The van der Waals surface area contributed by atoms with Crippen LogP contribution in [0.3, 0.4) is 0 Å². The number of nitrogens with zero attached hydrogens (tertiary/aromatic N) is 1. The van der Waals surface area contributed by atoms with Crippen LogP contribution in [0.25, 0.3) is 0 Å². The van der Waals surface area contributed by atoms with E-state index in [-0.39, 0.29) is 0 Å². The average molecular weight is 246 g/mol. The summed E-state index contributed by atoms with van der Waals surface area (Å²) in [6.07, 6.45) is 2.65. The third kappa shape index (κ3) is 3.12. The lowest BCUT2D eigenvalue weighted by Gasteiger charge is -2.29. The highest BCUT2D eigenvalue weighted by atomic mass is 15.2. The van der Waals surface area contributed by atoms with Crippen LogP contribution in [-0.2, 0) is 0 Å². The van der Waals surface area contributed by atoms with Crippen molar-refractivity contribution >= 4 is 0 Å². The maximum atomic E-state index is 3.58. The first-order chi connectivity index (χ1) is 8.58. The minimum atomic E-state index is 0.493. The Morgan fingerprint density at radius 1 is 1.39 bits per heavy atom. The van der Waals surface area contributed by atoms with E-state index in [0.717, 1.165) is 6.54 Å². The summed E-state index contributed by atoms with van der Waals surface area (Å²) in [7, 11) is 2.24. The number of hydrogen-bond donors (Lipinski definition) is 1. The summed E-state index contributed by atoms with van der Waals surface area (Å²) in [5.74, 6) is 0. The molecule has 2 nitrogen and oxygen atoms in total. The molecule has 0 aromatic heterocycles. The Bertz CT molecular complexity index is 394. The van der Waals surface area contributed by atoms with Gasteiger partial charge in [-0.3, -0.25) is 4.90 Å². The molecule has 0 saturated carbocycles. The summed E-state index contributed by atoms with van der Waals surface area (Å²) < 4.78 is 0. The lowest BCUT2D eigenvalue weighted by Crippen LogP contribution is -2.36. The van der Waals surface area contributed by atoms with Crippen LogP contribution in [0, 0.1) is 13.8 Å². The van der Waals surface area contributed by atoms with Gasteiger partial charge in [0, 0.05) is 18.6 Å². The lowest BCUT2D eigenvalue weighted by atomic mass is 9.99. The zero-order valence-electron chi connectivity index (χ0n) is 12.2. The second kappa shape index (κ2) is 5.85. The molecular formula is C16H26N2. The molecule has 2 heteroatoms. The Kier molecular flexibility index (Phi) is 4.41. The Balaban J connectivity index is 2.04. The molecule has 0 bridgehead atoms. The van der Waals surface area contributed by atoms with Gasteiger partial charge in [-0.25, -0.2) is 0 Å². The second-order valence-corrected chi connectivity index (χ2v) is 5.77. The topological polar surface area (TPSA) is 15.3 Å². The van der Waals surface area contributed by atoms with Crippen molar-refractivity contribution < 1.29 is 0 Å². The van der Waals surface area contributed by atoms with Crippen molar-refractivity contribution in [2.75, 3.05) is 20.1 Å². The standard InChI is InChI=1S/C16H26N2/c1-12-7-8-13(2)16(10-12)14(3)18(4)11-15-6-5-9-17-15/h7-8,10,14-15,17H,5-6,9,11H2,1-4H3. The van der Waals surface area contributed by atoms with E-state index in [1.807, 2.05) is 0 Å². The number of hydrogen-bond acceptors (Lipinski definition) is 2. The number of rotatable bonds is 4. The maximum absolute atomic E-state index is 3.58. The molecular weight excluding hydrogens is 220 g/mol. The van der Waals surface area contributed by atoms with Gasteiger partial charge < -0.3 is 5.32 Å². The van der Waals surface area contributed by atoms with E-state index in [0.29, 0.717) is 12.1 Å². The van der Waals surface area contributed by atoms with Crippen LogP contribution in [-0.4, -0.2) is 31.1 Å². The molecule has 0 amide bonds. The third-order valence-electron chi connectivity index (χ3n) is 4.22. The van der Waals surface area contributed by atoms with Crippen LogP contribution < -0.4 is 5.32 Å². The molecule has 100 valence electrons. The van der Waals surface area contributed by atoms with Crippen molar-refractivity contribution in [3.8, 4) is 0 Å². The molecule has 2 atom stereocenters. The van der Waals surface area contributed by atoms with E-state index in [1.165, 1.54) is 36.1 Å². The SMILES string of the molecule is Cc1ccc(C)c(C(C)N(C)CC2CCCN2)c1. The Hall–Kier alpha value is -0.860. The Labute approximate surface area is 111 Å². The maximum Gasteiger partial charge on any atom is 0.0320 e. The predicted molar refractivity (Wildman–Crippen MR) is 78.0 cm³/mol. The Morgan fingerprint density at radius 2 is 2.17 bits per heavy atom. The van der Waals surface area contributed by atoms with E-state index in [1.54, 1.807) is 0 Å². The molecule has 0 spiro atoms. The van der Waals surface area contributed by atoms with Gasteiger partial charge in [-0.15, -0.1) is 0 Å². The van der Waals surface area contributed by atoms with Crippen LogP contribution in [0.2, 0.25) is 0 Å². The van der Waals surface area contributed by atoms with E-state index >= 15 is 0 Å². The zero-order valence-corrected chi connectivity index (χ0v) is 12.2. The molecule has 1 fully saturated rings. The first-order valence-electron chi connectivity index (χ1n) is 7.08. The normalized spacial score (nSPS) is 21.5. The van der Waals surface area contributed by atoms with Gasteiger partial charge in [-0.2, -0.15) is 0 Å². The van der Waals surface area contributed by atoms with Gasteiger partial charge in [0.25, 0.3) is 0 Å². The summed E-state index contributed by atoms with van der Waals surface area (Å²) in [5.41, 5.74) is 4.23. The number of aryl methyl sites for hydroxylation is 2. The molecule has 1 heterocycles. The van der Waals surface area contributed by atoms with E-state index in [9.17, 15) is 0 Å². The molecule has 1 saturated heterocycles. The van der Waals surface area contributed by atoms with Crippen molar-refractivity contribution in [3.63, 3.8) is 0 Å². The largest absolute Gasteiger partial charge is 0.313 e. The molecule has 2 unspecified atom stereocenters. The van der Waals surface area contributed by atoms with Gasteiger partial charge in [-0.1, -0.05) is 23.8 Å². The van der Waals surface area contributed by atoms with Crippen LogP contribution in [0.4, 0.5) is 0 Å². The zero-order chi connectivity index (χ0) is 13.1. The summed E-state index contributed by atoms with van der Waals surface area (Å²) in [5, 5.41) is 3.58. The summed E-state index contributed by atoms with van der Waals surface area (Å²) >= 11 is 0. The quantitative estimate of drug-likeness (QED) is 0.878. The molecule has 18 heavy (non-hydrogen) atoms. The Morgan fingerprint density at radius 3 is 2.83 bits per heavy atom. The van der Waals surface area contributed by atoms with E-state index in [4.69, 9.17) is 0 Å². The smallest absolute Gasteiger partial charge is 0.0320 e. The average Bonchev–Trinajstić information content (AvgIpc) is 2.84. The second-order valence-electron chi connectivity index (χ2n) is 5.77.